The summed E-state index contributed by atoms with van der Waals surface area (Å²) in [4.78, 5) is 0. The van der Waals surface area contributed by atoms with Crippen LogP contribution < -0.4 is 5.32 Å². The van der Waals surface area contributed by atoms with E-state index in [1.54, 1.807) is 0 Å². The molecule has 2 fully saturated rings. The van der Waals surface area contributed by atoms with Crippen LogP contribution in [-0.2, 0) is 6.18 Å². The van der Waals surface area contributed by atoms with Crippen molar-refractivity contribution in [3.63, 3.8) is 0 Å². The van der Waals surface area contributed by atoms with Crippen LogP contribution in [0.5, 0.6) is 0 Å². The molecule has 1 saturated heterocycles. The monoisotopic (exact) mass is 325 g/mol. The zero-order valence-electron chi connectivity index (χ0n) is 12.2. The Balaban J connectivity index is 1.78. The van der Waals surface area contributed by atoms with E-state index in [9.17, 15) is 17.6 Å². The molecule has 1 aliphatic carbocycles. The largest absolute Gasteiger partial charge is 0.420 e. The van der Waals surface area contributed by atoms with Gasteiger partial charge in [-0.25, -0.2) is 4.39 Å². The van der Waals surface area contributed by atoms with Crippen molar-refractivity contribution in [1.82, 2.24) is 15.1 Å². The summed E-state index contributed by atoms with van der Waals surface area (Å²) >= 11 is 0. The van der Waals surface area contributed by atoms with Crippen LogP contribution in [0.3, 0.4) is 0 Å². The van der Waals surface area contributed by atoms with Gasteiger partial charge < -0.3 is 5.32 Å². The van der Waals surface area contributed by atoms with Crippen molar-refractivity contribution in [3.05, 3.63) is 41.8 Å². The molecule has 23 heavy (non-hydrogen) atoms. The number of rotatable bonds is 2. The lowest BCUT2D eigenvalue weighted by atomic mass is 9.61. The van der Waals surface area contributed by atoms with Crippen molar-refractivity contribution in [2.24, 2.45) is 5.41 Å². The van der Waals surface area contributed by atoms with Crippen LogP contribution >= 0.6 is 0 Å². The molecular weight excluding hydrogens is 310 g/mol. The summed E-state index contributed by atoms with van der Waals surface area (Å²) < 4.78 is 55.4. The number of aromatic nitrogens is 2. The molecule has 2 aromatic rings. The molecule has 3 nitrogen and oxygen atoms in total. The Labute approximate surface area is 130 Å². The van der Waals surface area contributed by atoms with Gasteiger partial charge in [0, 0.05) is 18.7 Å². The van der Waals surface area contributed by atoms with Gasteiger partial charge in [0.15, 0.2) is 0 Å². The summed E-state index contributed by atoms with van der Waals surface area (Å²) in [5.74, 6) is -0.668. The molecule has 1 saturated carbocycles. The zero-order chi connectivity index (χ0) is 16.2. The van der Waals surface area contributed by atoms with Gasteiger partial charge in [-0.3, -0.25) is 4.68 Å². The highest BCUT2D eigenvalue weighted by Crippen LogP contribution is 2.52. The van der Waals surface area contributed by atoms with E-state index in [0.29, 0.717) is 0 Å². The maximum absolute atomic E-state index is 14.1. The molecule has 7 heteroatoms. The fourth-order valence-electron chi connectivity index (χ4n) is 3.65. The molecule has 0 amide bonds. The van der Waals surface area contributed by atoms with E-state index in [0.717, 1.165) is 32.1 Å². The van der Waals surface area contributed by atoms with E-state index in [1.807, 2.05) is 0 Å². The number of halogens is 4. The average Bonchev–Trinajstić information content (AvgIpc) is 2.80. The molecule has 0 radical (unpaired) electrons. The Morgan fingerprint density at radius 1 is 1.17 bits per heavy atom. The van der Waals surface area contributed by atoms with Gasteiger partial charge in [-0.05, 0) is 30.4 Å². The van der Waals surface area contributed by atoms with Crippen molar-refractivity contribution in [2.75, 3.05) is 13.1 Å². The predicted molar refractivity (Wildman–Crippen MR) is 76.2 cm³/mol. The summed E-state index contributed by atoms with van der Waals surface area (Å²) in [6, 6.07) is 5.43. The highest BCUT2D eigenvalue weighted by Gasteiger charge is 2.50. The van der Waals surface area contributed by atoms with Crippen LogP contribution in [0.4, 0.5) is 17.6 Å². The molecule has 122 valence electrons. The number of hydrogen-bond acceptors (Lipinski definition) is 2. The number of alkyl halides is 3. The summed E-state index contributed by atoms with van der Waals surface area (Å²) in [6.45, 7) is 1.79. The van der Waals surface area contributed by atoms with Crippen molar-refractivity contribution in [2.45, 2.75) is 25.1 Å². The molecule has 1 aromatic carbocycles. The van der Waals surface area contributed by atoms with E-state index >= 15 is 0 Å². The molecular formula is C16H15F4N3. The van der Waals surface area contributed by atoms with Crippen LogP contribution in [0.2, 0.25) is 0 Å². The van der Waals surface area contributed by atoms with E-state index in [1.165, 1.54) is 28.9 Å². The first kappa shape index (κ1) is 14.7. The van der Waals surface area contributed by atoms with E-state index in [-0.39, 0.29) is 22.7 Å². The SMILES string of the molecule is Fc1ccccc1-c1c(C(F)(F)F)cnn1C1CC2(CNC2)C1. The summed E-state index contributed by atoms with van der Waals surface area (Å²) in [5.41, 5.74) is -0.898. The topological polar surface area (TPSA) is 29.9 Å². The van der Waals surface area contributed by atoms with Crippen LogP contribution in [0, 0.1) is 11.2 Å². The van der Waals surface area contributed by atoms with E-state index in [2.05, 4.69) is 10.4 Å². The third kappa shape index (κ3) is 2.25. The van der Waals surface area contributed by atoms with Gasteiger partial charge in [0.25, 0.3) is 0 Å². The van der Waals surface area contributed by atoms with Crippen molar-refractivity contribution >= 4 is 0 Å². The molecule has 4 rings (SSSR count). The quantitative estimate of drug-likeness (QED) is 0.855. The van der Waals surface area contributed by atoms with Gasteiger partial charge in [-0.1, -0.05) is 12.1 Å². The Hall–Kier alpha value is -1.89. The van der Waals surface area contributed by atoms with Gasteiger partial charge in [0.2, 0.25) is 0 Å². The fourth-order valence-corrected chi connectivity index (χ4v) is 3.65. The lowest BCUT2D eigenvalue weighted by molar-refractivity contribution is -0.137. The molecule has 0 bridgehead atoms. The van der Waals surface area contributed by atoms with Crippen molar-refractivity contribution in [1.29, 1.82) is 0 Å². The molecule has 0 unspecified atom stereocenters. The number of benzene rings is 1. The Morgan fingerprint density at radius 3 is 2.43 bits per heavy atom. The Kier molecular flexibility index (Phi) is 3.07. The van der Waals surface area contributed by atoms with Gasteiger partial charge in [-0.15, -0.1) is 0 Å². The van der Waals surface area contributed by atoms with Crippen molar-refractivity contribution < 1.29 is 17.6 Å². The minimum absolute atomic E-state index is 0.0509. The van der Waals surface area contributed by atoms with Crippen LogP contribution in [0.1, 0.15) is 24.4 Å². The minimum Gasteiger partial charge on any atom is -0.316 e. The highest BCUT2D eigenvalue weighted by molar-refractivity contribution is 5.65. The van der Waals surface area contributed by atoms with Crippen molar-refractivity contribution in [3.8, 4) is 11.3 Å². The second-order valence-corrected chi connectivity index (χ2v) is 6.49. The smallest absolute Gasteiger partial charge is 0.316 e. The average molecular weight is 325 g/mol. The second-order valence-electron chi connectivity index (χ2n) is 6.49. The molecule has 1 N–H and O–H groups in total. The maximum atomic E-state index is 14.1. The lowest BCUT2D eigenvalue weighted by Gasteiger charge is -2.54. The fraction of sp³-hybridized carbons (Fsp3) is 0.438. The molecule has 1 aliphatic heterocycles. The van der Waals surface area contributed by atoms with Gasteiger partial charge in [0.05, 0.1) is 17.9 Å². The standard InChI is InChI=1S/C16H15F4N3/c17-13-4-2-1-3-11(13)14-12(16(18,19)20)7-22-23(14)10-5-15(6-10)8-21-9-15/h1-4,7,10,21H,5-6,8-9H2. The summed E-state index contributed by atoms with van der Waals surface area (Å²) in [6.07, 6.45) is -2.19. The summed E-state index contributed by atoms with van der Waals surface area (Å²) in [5, 5.41) is 7.15. The predicted octanol–water partition coefficient (Wildman–Crippen LogP) is 3.63. The van der Waals surface area contributed by atoms with Crippen LogP contribution in [0.15, 0.2) is 30.5 Å². The third-order valence-corrected chi connectivity index (χ3v) is 4.91. The summed E-state index contributed by atoms with van der Waals surface area (Å²) in [7, 11) is 0. The molecule has 0 atom stereocenters. The number of nitrogens with one attached hydrogen (secondary N) is 1. The van der Waals surface area contributed by atoms with Gasteiger partial charge in [0.1, 0.15) is 11.4 Å². The minimum atomic E-state index is -4.56. The van der Waals surface area contributed by atoms with E-state index in [4.69, 9.17) is 0 Å². The zero-order valence-corrected chi connectivity index (χ0v) is 12.2. The number of nitrogens with zero attached hydrogens (tertiary/aromatic N) is 2. The Morgan fingerprint density at radius 2 is 1.87 bits per heavy atom. The third-order valence-electron chi connectivity index (χ3n) is 4.91. The first-order chi connectivity index (χ1) is 10.9. The highest BCUT2D eigenvalue weighted by atomic mass is 19.4. The normalized spacial score (nSPS) is 20.3. The molecule has 2 aliphatic rings. The maximum Gasteiger partial charge on any atom is 0.420 e. The Bertz CT molecular complexity index is 738. The van der Waals surface area contributed by atoms with Crippen LogP contribution in [0.25, 0.3) is 11.3 Å². The van der Waals surface area contributed by atoms with Crippen LogP contribution in [-0.4, -0.2) is 22.9 Å². The number of hydrogen-bond donors (Lipinski definition) is 1. The first-order valence-electron chi connectivity index (χ1n) is 7.50. The molecule has 2 heterocycles. The first-order valence-corrected chi connectivity index (χ1v) is 7.50. The van der Waals surface area contributed by atoms with Gasteiger partial charge in [-0.2, -0.15) is 18.3 Å². The molecule has 1 spiro atoms. The molecule has 1 aromatic heterocycles. The second kappa shape index (κ2) is 4.80. The lowest BCUT2D eigenvalue weighted by Crippen LogP contribution is -2.60. The van der Waals surface area contributed by atoms with Gasteiger partial charge >= 0.3 is 6.18 Å². The van der Waals surface area contributed by atoms with E-state index < -0.39 is 17.6 Å².